The average Bonchev–Trinajstić information content (AvgIpc) is 3.44. The van der Waals surface area contributed by atoms with E-state index in [1.165, 1.54) is 23.9 Å². The Balaban J connectivity index is 1.55. The van der Waals surface area contributed by atoms with Gasteiger partial charge in [-0.3, -0.25) is 9.59 Å². The number of carbonyl (C=O) groups is 3. The topological polar surface area (TPSA) is 207 Å². The zero-order valence-corrected chi connectivity index (χ0v) is 23.0. The molecule has 1 saturated heterocycles. The van der Waals surface area contributed by atoms with E-state index in [2.05, 4.69) is 20.9 Å². The van der Waals surface area contributed by atoms with Crippen LogP contribution < -0.4 is 21.7 Å². The first-order valence-electron chi connectivity index (χ1n) is 12.1. The van der Waals surface area contributed by atoms with Gasteiger partial charge in [0, 0.05) is 30.8 Å². The predicted molar refractivity (Wildman–Crippen MR) is 149 cm³/mol. The van der Waals surface area contributed by atoms with Gasteiger partial charge in [0.05, 0.1) is 10.8 Å². The predicted octanol–water partition coefficient (Wildman–Crippen LogP) is 0.666. The van der Waals surface area contributed by atoms with Crippen LogP contribution in [0.5, 0.6) is 0 Å². The van der Waals surface area contributed by atoms with Crippen molar-refractivity contribution in [1.82, 2.24) is 14.9 Å². The molecule has 0 radical (unpaired) electrons. The van der Waals surface area contributed by atoms with Crippen LogP contribution in [0.15, 0.2) is 64.5 Å². The number of nitrogens with two attached hydrogens (primary N) is 1. The van der Waals surface area contributed by atoms with Crippen molar-refractivity contribution in [3.8, 4) is 6.19 Å². The van der Waals surface area contributed by atoms with Crippen LogP contribution in [0.4, 0.5) is 5.69 Å². The zero-order valence-electron chi connectivity index (χ0n) is 21.3. The molecule has 2 amide bonds. The van der Waals surface area contributed by atoms with Crippen molar-refractivity contribution >= 4 is 51.2 Å². The summed E-state index contributed by atoms with van der Waals surface area (Å²) in [4.78, 5) is 40.5. The number of sulfonamides is 1. The van der Waals surface area contributed by atoms with Gasteiger partial charge in [0.2, 0.25) is 34.0 Å². The van der Waals surface area contributed by atoms with Gasteiger partial charge in [-0.15, -0.1) is 16.8 Å². The molecule has 1 fully saturated rings. The van der Waals surface area contributed by atoms with Crippen molar-refractivity contribution in [1.29, 1.82) is 5.26 Å². The van der Waals surface area contributed by atoms with Crippen LogP contribution in [0.1, 0.15) is 18.4 Å². The molecular formula is C25H29N7O6S2. The number of hydrogen-bond donors (Lipinski definition) is 5. The summed E-state index contributed by atoms with van der Waals surface area (Å²) in [6.45, 7) is 0.362. The first kappa shape index (κ1) is 30.4. The van der Waals surface area contributed by atoms with Crippen molar-refractivity contribution in [3.05, 3.63) is 60.2 Å². The maximum atomic E-state index is 13.1. The molecule has 0 aliphatic carbocycles. The standard InChI is InChI=1S/C25H29N7O6S2/c26-15-29-25(27)28-12-4-7-22(33)30-18-10-8-17(9-11-18)13-20(24(35)36)31-23(34)21-14-39-16-32(21)40(37,38)19-5-2-1-3-6-19/h1-3,5-6,8-11,20-21H,4,7,12-14,16H2,(H,30,33)(H,31,34)(H,35,36)(H3,27,28,29)/t20-,21-/m0/s1. The number of amides is 2. The first-order valence-corrected chi connectivity index (χ1v) is 14.7. The van der Waals surface area contributed by atoms with E-state index >= 15 is 0 Å². The molecule has 0 aromatic heterocycles. The molecule has 0 bridgehead atoms. The van der Waals surface area contributed by atoms with E-state index in [0.29, 0.717) is 24.2 Å². The molecule has 0 spiro atoms. The van der Waals surface area contributed by atoms with E-state index in [-0.39, 0.29) is 41.2 Å². The number of guanidine groups is 1. The molecule has 212 valence electrons. The minimum atomic E-state index is -3.93. The molecule has 15 heteroatoms. The maximum Gasteiger partial charge on any atom is 0.326 e. The molecule has 2 aromatic carbocycles. The normalized spacial score (nSPS) is 16.5. The number of hydrogen-bond acceptors (Lipinski definition) is 8. The molecule has 0 saturated carbocycles. The first-order chi connectivity index (χ1) is 19.1. The second-order valence-electron chi connectivity index (χ2n) is 8.70. The third-order valence-corrected chi connectivity index (χ3v) is 8.89. The van der Waals surface area contributed by atoms with Gasteiger partial charge in [-0.1, -0.05) is 30.3 Å². The Morgan fingerprint density at radius 1 is 1.18 bits per heavy atom. The number of nitrogens with one attached hydrogen (secondary N) is 3. The van der Waals surface area contributed by atoms with Gasteiger partial charge >= 0.3 is 5.97 Å². The van der Waals surface area contributed by atoms with Gasteiger partial charge in [-0.2, -0.15) is 9.57 Å². The van der Waals surface area contributed by atoms with Gasteiger partial charge in [0.1, 0.15) is 12.1 Å². The van der Waals surface area contributed by atoms with Crippen LogP contribution in [0, 0.1) is 11.5 Å². The highest BCUT2D eigenvalue weighted by Gasteiger charge is 2.41. The van der Waals surface area contributed by atoms with E-state index in [4.69, 9.17) is 11.0 Å². The molecule has 3 rings (SSSR count). The molecular weight excluding hydrogens is 558 g/mol. The van der Waals surface area contributed by atoms with Gasteiger partial charge in [-0.25, -0.2) is 13.2 Å². The van der Waals surface area contributed by atoms with Crippen molar-refractivity contribution in [3.63, 3.8) is 0 Å². The fraction of sp³-hybridized carbons (Fsp3) is 0.320. The Labute approximate surface area is 235 Å². The smallest absolute Gasteiger partial charge is 0.326 e. The number of aliphatic imine (C=N–C) groups is 1. The van der Waals surface area contributed by atoms with E-state index in [1.807, 2.05) is 0 Å². The molecule has 1 heterocycles. The van der Waals surface area contributed by atoms with Crippen LogP contribution in [0.25, 0.3) is 0 Å². The Kier molecular flexibility index (Phi) is 10.9. The second kappa shape index (κ2) is 14.3. The summed E-state index contributed by atoms with van der Waals surface area (Å²) >= 11 is 1.27. The quantitative estimate of drug-likeness (QED) is 0.101. The Hall–Kier alpha value is -4.13. The highest BCUT2D eigenvalue weighted by atomic mass is 32.2. The highest BCUT2D eigenvalue weighted by Crippen LogP contribution is 2.28. The van der Waals surface area contributed by atoms with Crippen molar-refractivity contribution in [2.24, 2.45) is 10.7 Å². The fourth-order valence-electron chi connectivity index (χ4n) is 3.81. The molecule has 2 aromatic rings. The lowest BCUT2D eigenvalue weighted by atomic mass is 10.0. The van der Waals surface area contributed by atoms with Gasteiger partial charge in [-0.05, 0) is 36.2 Å². The van der Waals surface area contributed by atoms with Gasteiger partial charge < -0.3 is 26.8 Å². The molecule has 40 heavy (non-hydrogen) atoms. The zero-order chi connectivity index (χ0) is 29.1. The maximum absolute atomic E-state index is 13.1. The van der Waals surface area contributed by atoms with E-state index in [9.17, 15) is 27.9 Å². The average molecular weight is 588 g/mol. The van der Waals surface area contributed by atoms with Crippen molar-refractivity contribution in [2.45, 2.75) is 36.2 Å². The number of aliphatic carboxylic acids is 1. The summed E-state index contributed by atoms with van der Waals surface area (Å²) < 4.78 is 27.2. The summed E-state index contributed by atoms with van der Waals surface area (Å²) in [6, 6.07) is 11.9. The van der Waals surface area contributed by atoms with Crippen LogP contribution >= 0.6 is 11.8 Å². The second-order valence-corrected chi connectivity index (χ2v) is 11.6. The number of rotatable bonds is 12. The highest BCUT2D eigenvalue weighted by molar-refractivity contribution is 8.00. The lowest BCUT2D eigenvalue weighted by Crippen LogP contribution is -2.52. The molecule has 1 aliphatic rings. The lowest BCUT2D eigenvalue weighted by molar-refractivity contribution is -0.142. The Morgan fingerprint density at radius 2 is 1.88 bits per heavy atom. The Bertz CT molecular complexity index is 1380. The van der Waals surface area contributed by atoms with E-state index in [1.54, 1.807) is 48.7 Å². The largest absolute Gasteiger partial charge is 0.480 e. The van der Waals surface area contributed by atoms with Crippen LogP contribution in [0.3, 0.4) is 0 Å². The lowest BCUT2D eigenvalue weighted by Gasteiger charge is -2.24. The van der Waals surface area contributed by atoms with E-state index < -0.39 is 34.0 Å². The van der Waals surface area contributed by atoms with Crippen LogP contribution in [-0.4, -0.2) is 71.8 Å². The number of nitrogens with zero attached hydrogens (tertiary/aromatic N) is 3. The molecule has 2 atom stereocenters. The monoisotopic (exact) mass is 587 g/mol. The third kappa shape index (κ3) is 8.43. The minimum Gasteiger partial charge on any atom is -0.480 e. The number of carbonyl (C=O) groups excluding carboxylic acids is 2. The molecule has 1 aliphatic heterocycles. The summed E-state index contributed by atoms with van der Waals surface area (Å²) in [5, 5.41) is 26.0. The number of thioether (sulfide) groups is 1. The van der Waals surface area contributed by atoms with Crippen LogP contribution in [0.2, 0.25) is 0 Å². The minimum absolute atomic E-state index is 0.0222. The summed E-state index contributed by atoms with van der Waals surface area (Å²) in [6.07, 6.45) is 2.15. The van der Waals surface area contributed by atoms with Crippen LogP contribution in [-0.2, 0) is 30.8 Å². The number of nitriles is 1. The number of benzene rings is 2. The molecule has 13 nitrogen and oxygen atoms in total. The molecule has 0 unspecified atom stereocenters. The third-order valence-electron chi connectivity index (χ3n) is 5.84. The van der Waals surface area contributed by atoms with E-state index in [0.717, 1.165) is 4.31 Å². The SMILES string of the molecule is N#C/N=C(\N)NCCCC(=O)Nc1ccc(C[C@H](NC(=O)[C@@H]2CSCN2S(=O)(=O)c2ccccc2)C(=O)O)cc1. The molecule has 6 N–H and O–H groups in total. The van der Waals surface area contributed by atoms with Gasteiger partial charge in [0.25, 0.3) is 0 Å². The number of carboxylic acid groups (broad SMARTS) is 1. The van der Waals surface area contributed by atoms with Crippen molar-refractivity contribution < 1.29 is 27.9 Å². The van der Waals surface area contributed by atoms with Crippen molar-refractivity contribution in [2.75, 3.05) is 23.5 Å². The number of carboxylic acids is 1. The number of anilines is 1. The fourth-order valence-corrected chi connectivity index (χ4v) is 6.98. The summed E-state index contributed by atoms with van der Waals surface area (Å²) in [7, 11) is -3.93. The van der Waals surface area contributed by atoms with Gasteiger partial charge in [0.15, 0.2) is 0 Å². The summed E-state index contributed by atoms with van der Waals surface area (Å²) in [5.74, 6) is -1.93. The summed E-state index contributed by atoms with van der Waals surface area (Å²) in [5.41, 5.74) is 6.53. The Morgan fingerprint density at radius 3 is 2.52 bits per heavy atom.